The van der Waals surface area contributed by atoms with Crippen molar-refractivity contribution in [3.05, 3.63) is 29.8 Å². The van der Waals surface area contributed by atoms with Gasteiger partial charge in [0.05, 0.1) is 13.7 Å². The monoisotopic (exact) mass is 195 g/mol. The number of hydrogen-bond donors (Lipinski definition) is 2. The van der Waals surface area contributed by atoms with Crippen molar-refractivity contribution in [1.82, 2.24) is 5.32 Å². The van der Waals surface area contributed by atoms with Gasteiger partial charge in [-0.05, 0) is 30.7 Å². The summed E-state index contributed by atoms with van der Waals surface area (Å²) in [5.74, 6) is 0.886. The molecule has 0 heterocycles. The molecular formula is C11H17NO2. The number of hydrogen-bond acceptors (Lipinski definition) is 3. The molecule has 3 nitrogen and oxygen atoms in total. The highest BCUT2D eigenvalue weighted by Crippen LogP contribution is 2.11. The van der Waals surface area contributed by atoms with E-state index in [1.807, 2.05) is 12.1 Å². The van der Waals surface area contributed by atoms with Crippen LogP contribution < -0.4 is 10.1 Å². The fourth-order valence-electron chi connectivity index (χ4n) is 1.23. The molecular weight excluding hydrogens is 178 g/mol. The number of benzene rings is 1. The van der Waals surface area contributed by atoms with Crippen LogP contribution in [0, 0.1) is 0 Å². The van der Waals surface area contributed by atoms with Gasteiger partial charge < -0.3 is 15.2 Å². The van der Waals surface area contributed by atoms with Crippen LogP contribution in [0.5, 0.6) is 5.75 Å². The van der Waals surface area contributed by atoms with Crippen LogP contribution in [0.15, 0.2) is 24.3 Å². The minimum Gasteiger partial charge on any atom is -0.497 e. The average molecular weight is 195 g/mol. The lowest BCUT2D eigenvalue weighted by molar-refractivity contribution is 0.293. The Balaban J connectivity index is 2.29. The maximum absolute atomic E-state index is 8.55. The van der Waals surface area contributed by atoms with E-state index in [1.165, 1.54) is 5.56 Å². The lowest BCUT2D eigenvalue weighted by atomic mass is 10.1. The largest absolute Gasteiger partial charge is 0.497 e. The van der Waals surface area contributed by atoms with E-state index in [1.54, 1.807) is 7.11 Å². The highest BCUT2D eigenvalue weighted by molar-refractivity contribution is 5.27. The molecule has 0 aliphatic heterocycles. The van der Waals surface area contributed by atoms with E-state index in [0.29, 0.717) is 6.54 Å². The van der Waals surface area contributed by atoms with Gasteiger partial charge in [0.15, 0.2) is 0 Å². The molecule has 0 atom stereocenters. The van der Waals surface area contributed by atoms with Gasteiger partial charge in [-0.1, -0.05) is 12.1 Å². The SMILES string of the molecule is COc1ccc(CCNCCO)cc1. The average Bonchev–Trinajstić information content (AvgIpc) is 2.25. The van der Waals surface area contributed by atoms with E-state index in [9.17, 15) is 0 Å². The second-order valence-corrected chi connectivity index (χ2v) is 3.07. The van der Waals surface area contributed by atoms with Crippen LogP contribution in [0.2, 0.25) is 0 Å². The zero-order chi connectivity index (χ0) is 10.2. The smallest absolute Gasteiger partial charge is 0.118 e. The molecule has 2 N–H and O–H groups in total. The zero-order valence-electron chi connectivity index (χ0n) is 8.49. The lowest BCUT2D eigenvalue weighted by Gasteiger charge is -2.04. The molecule has 0 unspecified atom stereocenters. The molecule has 0 bridgehead atoms. The van der Waals surface area contributed by atoms with Gasteiger partial charge in [0.2, 0.25) is 0 Å². The first-order valence-corrected chi connectivity index (χ1v) is 4.81. The highest BCUT2D eigenvalue weighted by Gasteiger charge is 1.93. The summed E-state index contributed by atoms with van der Waals surface area (Å²) in [6.07, 6.45) is 0.976. The summed E-state index contributed by atoms with van der Waals surface area (Å²) >= 11 is 0. The van der Waals surface area contributed by atoms with E-state index in [4.69, 9.17) is 9.84 Å². The first-order chi connectivity index (χ1) is 6.86. The fraction of sp³-hybridized carbons (Fsp3) is 0.455. The number of nitrogens with one attached hydrogen (secondary N) is 1. The summed E-state index contributed by atoms with van der Waals surface area (Å²) in [6.45, 7) is 1.76. The quantitative estimate of drug-likeness (QED) is 0.660. The van der Waals surface area contributed by atoms with Gasteiger partial charge in [0, 0.05) is 6.54 Å². The minimum atomic E-state index is 0.197. The fourth-order valence-corrected chi connectivity index (χ4v) is 1.23. The maximum Gasteiger partial charge on any atom is 0.118 e. The van der Waals surface area contributed by atoms with Crippen molar-refractivity contribution in [2.45, 2.75) is 6.42 Å². The van der Waals surface area contributed by atoms with Gasteiger partial charge in [0.1, 0.15) is 5.75 Å². The van der Waals surface area contributed by atoms with Crippen molar-refractivity contribution in [3.63, 3.8) is 0 Å². The van der Waals surface area contributed by atoms with E-state index < -0.39 is 0 Å². The van der Waals surface area contributed by atoms with Crippen LogP contribution >= 0.6 is 0 Å². The van der Waals surface area contributed by atoms with Gasteiger partial charge in [-0.2, -0.15) is 0 Å². The molecule has 0 aliphatic carbocycles. The third-order valence-corrected chi connectivity index (χ3v) is 2.04. The Morgan fingerprint density at radius 2 is 1.93 bits per heavy atom. The summed E-state index contributed by atoms with van der Waals surface area (Å²) in [7, 11) is 1.66. The molecule has 0 aliphatic rings. The highest BCUT2D eigenvalue weighted by atomic mass is 16.5. The summed E-state index contributed by atoms with van der Waals surface area (Å²) in [4.78, 5) is 0. The van der Waals surface area contributed by atoms with Crippen LogP contribution in [0.4, 0.5) is 0 Å². The number of aliphatic hydroxyl groups is 1. The van der Waals surface area contributed by atoms with Crippen LogP contribution in [0.1, 0.15) is 5.56 Å². The molecule has 1 aromatic carbocycles. The van der Waals surface area contributed by atoms with Crippen molar-refractivity contribution in [2.24, 2.45) is 0 Å². The molecule has 0 radical (unpaired) electrons. The number of ether oxygens (including phenoxy) is 1. The van der Waals surface area contributed by atoms with Gasteiger partial charge in [-0.15, -0.1) is 0 Å². The Morgan fingerprint density at radius 1 is 1.21 bits per heavy atom. The van der Waals surface area contributed by atoms with Crippen molar-refractivity contribution in [3.8, 4) is 5.75 Å². The normalized spacial score (nSPS) is 10.1. The van der Waals surface area contributed by atoms with E-state index >= 15 is 0 Å². The third-order valence-electron chi connectivity index (χ3n) is 2.04. The Hall–Kier alpha value is -1.06. The molecule has 3 heteroatoms. The van der Waals surface area contributed by atoms with Gasteiger partial charge in [0.25, 0.3) is 0 Å². The molecule has 14 heavy (non-hydrogen) atoms. The zero-order valence-corrected chi connectivity index (χ0v) is 8.49. The third kappa shape index (κ3) is 3.77. The Labute approximate surface area is 84.7 Å². The van der Waals surface area contributed by atoms with Gasteiger partial charge in [-0.25, -0.2) is 0 Å². The molecule has 0 amide bonds. The van der Waals surface area contributed by atoms with Crippen LogP contribution in [0.3, 0.4) is 0 Å². The van der Waals surface area contributed by atoms with Gasteiger partial charge in [-0.3, -0.25) is 0 Å². The van der Waals surface area contributed by atoms with E-state index in [-0.39, 0.29) is 6.61 Å². The Morgan fingerprint density at radius 3 is 2.50 bits per heavy atom. The topological polar surface area (TPSA) is 41.5 Å². The molecule has 0 saturated carbocycles. The number of aliphatic hydroxyl groups excluding tert-OH is 1. The van der Waals surface area contributed by atoms with Crippen molar-refractivity contribution >= 4 is 0 Å². The molecule has 1 aromatic rings. The molecule has 0 spiro atoms. The van der Waals surface area contributed by atoms with Crippen molar-refractivity contribution in [1.29, 1.82) is 0 Å². The van der Waals surface area contributed by atoms with Crippen LogP contribution in [0.25, 0.3) is 0 Å². The van der Waals surface area contributed by atoms with E-state index in [2.05, 4.69) is 17.4 Å². The van der Waals surface area contributed by atoms with Crippen LogP contribution in [-0.2, 0) is 6.42 Å². The Kier molecular flexibility index (Phi) is 5.04. The summed E-state index contributed by atoms with van der Waals surface area (Å²) < 4.78 is 5.06. The molecule has 0 saturated heterocycles. The second kappa shape index (κ2) is 6.40. The molecule has 0 fully saturated rings. The molecule has 0 aromatic heterocycles. The Bertz CT molecular complexity index is 246. The van der Waals surface area contributed by atoms with E-state index in [0.717, 1.165) is 18.7 Å². The first kappa shape index (κ1) is 11.0. The summed E-state index contributed by atoms with van der Waals surface area (Å²) in [5.41, 5.74) is 1.27. The summed E-state index contributed by atoms with van der Waals surface area (Å²) in [5, 5.41) is 11.7. The maximum atomic E-state index is 8.55. The molecule has 1 rings (SSSR count). The predicted molar refractivity (Wildman–Crippen MR) is 56.7 cm³/mol. The number of rotatable bonds is 6. The molecule has 78 valence electrons. The van der Waals surface area contributed by atoms with Crippen molar-refractivity contribution in [2.75, 3.05) is 26.8 Å². The summed E-state index contributed by atoms with van der Waals surface area (Å²) in [6, 6.07) is 8.03. The predicted octanol–water partition coefficient (Wildman–Crippen LogP) is 0.820. The first-order valence-electron chi connectivity index (χ1n) is 4.81. The van der Waals surface area contributed by atoms with Crippen molar-refractivity contribution < 1.29 is 9.84 Å². The minimum absolute atomic E-state index is 0.197. The number of methoxy groups -OCH3 is 1. The van der Waals surface area contributed by atoms with Crippen LogP contribution in [-0.4, -0.2) is 31.9 Å². The second-order valence-electron chi connectivity index (χ2n) is 3.07. The lowest BCUT2D eigenvalue weighted by Crippen LogP contribution is -2.20. The van der Waals surface area contributed by atoms with Gasteiger partial charge >= 0.3 is 0 Å². The standard InChI is InChI=1S/C11H17NO2/c1-14-11-4-2-10(3-5-11)6-7-12-8-9-13/h2-5,12-13H,6-9H2,1H3.